The minimum absolute atomic E-state index is 0.0642. The molecular formula is C21H13ClFN3. The second kappa shape index (κ2) is 7.02. The van der Waals surface area contributed by atoms with Crippen molar-refractivity contribution in [2.75, 3.05) is 0 Å². The fourth-order valence-electron chi connectivity index (χ4n) is 2.57. The van der Waals surface area contributed by atoms with Crippen LogP contribution >= 0.6 is 11.6 Å². The van der Waals surface area contributed by atoms with Crippen molar-refractivity contribution in [1.29, 1.82) is 0 Å². The van der Waals surface area contributed by atoms with Crippen molar-refractivity contribution < 1.29 is 4.39 Å². The highest BCUT2D eigenvalue weighted by atomic mass is 35.5. The Balaban J connectivity index is 1.92. The minimum Gasteiger partial charge on any atom is -0.208 e. The Kier molecular flexibility index (Phi) is 4.42. The molecule has 3 aromatic carbocycles. The maximum absolute atomic E-state index is 13.9. The Morgan fingerprint density at radius 2 is 1.04 bits per heavy atom. The van der Waals surface area contributed by atoms with E-state index in [0.717, 1.165) is 11.1 Å². The van der Waals surface area contributed by atoms with Crippen molar-refractivity contribution in [2.45, 2.75) is 0 Å². The number of aromatic nitrogens is 3. The molecule has 4 rings (SSSR count). The van der Waals surface area contributed by atoms with Crippen molar-refractivity contribution >= 4 is 11.6 Å². The number of halogens is 2. The van der Waals surface area contributed by atoms with Gasteiger partial charge < -0.3 is 0 Å². The molecule has 0 atom stereocenters. The molecular weight excluding hydrogens is 349 g/mol. The summed E-state index contributed by atoms with van der Waals surface area (Å²) in [4.78, 5) is 13.7. The van der Waals surface area contributed by atoms with Gasteiger partial charge >= 0.3 is 0 Å². The molecule has 5 heteroatoms. The first-order valence-electron chi connectivity index (χ1n) is 8.03. The molecule has 0 unspecified atom stereocenters. The Labute approximate surface area is 155 Å². The van der Waals surface area contributed by atoms with E-state index in [1.807, 2.05) is 60.7 Å². The van der Waals surface area contributed by atoms with Crippen LogP contribution in [0.4, 0.5) is 4.39 Å². The molecule has 0 aliphatic carbocycles. The van der Waals surface area contributed by atoms with Gasteiger partial charge in [0, 0.05) is 16.7 Å². The van der Waals surface area contributed by atoms with Gasteiger partial charge in [-0.3, -0.25) is 0 Å². The fourth-order valence-corrected chi connectivity index (χ4v) is 2.69. The van der Waals surface area contributed by atoms with Crippen molar-refractivity contribution in [3.63, 3.8) is 0 Å². The van der Waals surface area contributed by atoms with E-state index in [4.69, 9.17) is 11.6 Å². The van der Waals surface area contributed by atoms with E-state index in [1.54, 1.807) is 6.07 Å². The highest BCUT2D eigenvalue weighted by Crippen LogP contribution is 2.26. The van der Waals surface area contributed by atoms with E-state index in [0.29, 0.717) is 23.0 Å². The molecule has 0 saturated heterocycles. The first kappa shape index (κ1) is 16.4. The molecule has 0 aliphatic heterocycles. The van der Waals surface area contributed by atoms with Gasteiger partial charge in [0.1, 0.15) is 5.82 Å². The van der Waals surface area contributed by atoms with Gasteiger partial charge in [-0.2, -0.15) is 0 Å². The lowest BCUT2D eigenvalue weighted by atomic mass is 10.1. The smallest absolute Gasteiger partial charge is 0.164 e. The Hall–Kier alpha value is -3.11. The Morgan fingerprint density at radius 3 is 1.50 bits per heavy atom. The van der Waals surface area contributed by atoms with Crippen molar-refractivity contribution in [2.24, 2.45) is 0 Å². The molecule has 0 radical (unpaired) electrons. The zero-order chi connectivity index (χ0) is 17.9. The van der Waals surface area contributed by atoms with Crippen molar-refractivity contribution in [1.82, 2.24) is 15.0 Å². The Morgan fingerprint density at radius 1 is 0.577 bits per heavy atom. The SMILES string of the molecule is Fc1cc(-c2nc(-c3ccccc3)nc(-c3ccccc3)n2)ccc1Cl. The fraction of sp³-hybridized carbons (Fsp3) is 0. The molecule has 0 fully saturated rings. The summed E-state index contributed by atoms with van der Waals surface area (Å²) < 4.78 is 13.9. The number of hydrogen-bond donors (Lipinski definition) is 0. The van der Waals surface area contributed by atoms with Gasteiger partial charge in [-0.25, -0.2) is 19.3 Å². The molecule has 0 spiro atoms. The van der Waals surface area contributed by atoms with Gasteiger partial charge in [0.25, 0.3) is 0 Å². The normalized spacial score (nSPS) is 10.7. The van der Waals surface area contributed by atoms with E-state index < -0.39 is 5.82 Å². The van der Waals surface area contributed by atoms with E-state index in [9.17, 15) is 4.39 Å². The first-order chi connectivity index (χ1) is 12.7. The predicted octanol–water partition coefficient (Wildman–Crippen LogP) is 5.67. The molecule has 0 saturated carbocycles. The van der Waals surface area contributed by atoms with Crippen molar-refractivity contribution in [3.05, 3.63) is 89.7 Å². The number of benzene rings is 3. The van der Waals surface area contributed by atoms with Crippen LogP contribution in [-0.2, 0) is 0 Å². The van der Waals surface area contributed by atoms with Crippen LogP contribution < -0.4 is 0 Å². The first-order valence-corrected chi connectivity index (χ1v) is 8.41. The zero-order valence-electron chi connectivity index (χ0n) is 13.6. The molecule has 4 aromatic rings. The molecule has 1 aromatic heterocycles. The van der Waals surface area contributed by atoms with E-state index in [1.165, 1.54) is 12.1 Å². The predicted molar refractivity (Wildman–Crippen MR) is 101 cm³/mol. The third-order valence-corrected chi connectivity index (χ3v) is 4.18. The largest absolute Gasteiger partial charge is 0.208 e. The third kappa shape index (κ3) is 3.32. The summed E-state index contributed by atoms with van der Waals surface area (Å²) in [5.41, 5.74) is 2.27. The minimum atomic E-state index is -0.507. The summed E-state index contributed by atoms with van der Waals surface area (Å²) in [6, 6.07) is 23.8. The van der Waals surface area contributed by atoms with Gasteiger partial charge in [0.05, 0.1) is 5.02 Å². The monoisotopic (exact) mass is 361 g/mol. The van der Waals surface area contributed by atoms with Crippen LogP contribution in [-0.4, -0.2) is 15.0 Å². The topological polar surface area (TPSA) is 38.7 Å². The summed E-state index contributed by atoms with van der Waals surface area (Å²) in [5.74, 6) is 0.954. The van der Waals surface area contributed by atoms with E-state index in [2.05, 4.69) is 15.0 Å². The average molecular weight is 362 g/mol. The lowest BCUT2D eigenvalue weighted by Crippen LogP contribution is -2.00. The van der Waals surface area contributed by atoms with Crippen LogP contribution in [0.2, 0.25) is 5.02 Å². The number of nitrogens with zero attached hydrogens (tertiary/aromatic N) is 3. The highest BCUT2D eigenvalue weighted by Gasteiger charge is 2.13. The van der Waals surface area contributed by atoms with Gasteiger partial charge in [-0.15, -0.1) is 0 Å². The summed E-state index contributed by atoms with van der Waals surface area (Å²) in [6.45, 7) is 0. The summed E-state index contributed by atoms with van der Waals surface area (Å²) >= 11 is 5.79. The molecule has 0 aliphatic rings. The lowest BCUT2D eigenvalue weighted by Gasteiger charge is -2.08. The molecule has 0 bridgehead atoms. The van der Waals surface area contributed by atoms with E-state index >= 15 is 0 Å². The van der Waals surface area contributed by atoms with Crippen LogP contribution in [0.5, 0.6) is 0 Å². The summed E-state index contributed by atoms with van der Waals surface area (Å²) in [7, 11) is 0. The second-order valence-corrected chi connectivity index (χ2v) is 6.07. The summed E-state index contributed by atoms with van der Waals surface area (Å²) in [6.07, 6.45) is 0. The lowest BCUT2D eigenvalue weighted by molar-refractivity contribution is 0.628. The van der Waals surface area contributed by atoms with Crippen LogP contribution in [0, 0.1) is 5.82 Å². The van der Waals surface area contributed by atoms with Gasteiger partial charge in [0.15, 0.2) is 17.5 Å². The van der Waals surface area contributed by atoms with Gasteiger partial charge in [-0.05, 0) is 18.2 Å². The Bertz CT molecular complexity index is 996. The van der Waals surface area contributed by atoms with Crippen LogP contribution in [0.15, 0.2) is 78.9 Å². The average Bonchev–Trinajstić information content (AvgIpc) is 2.71. The maximum atomic E-state index is 13.9. The number of hydrogen-bond acceptors (Lipinski definition) is 3. The van der Waals surface area contributed by atoms with Gasteiger partial charge in [0.2, 0.25) is 0 Å². The third-order valence-electron chi connectivity index (χ3n) is 3.88. The quantitative estimate of drug-likeness (QED) is 0.472. The molecule has 3 nitrogen and oxygen atoms in total. The van der Waals surface area contributed by atoms with Crippen LogP contribution in [0.25, 0.3) is 34.2 Å². The molecule has 0 N–H and O–H groups in total. The maximum Gasteiger partial charge on any atom is 0.164 e. The van der Waals surface area contributed by atoms with Crippen LogP contribution in [0.3, 0.4) is 0 Å². The molecule has 126 valence electrons. The van der Waals surface area contributed by atoms with Gasteiger partial charge in [-0.1, -0.05) is 72.3 Å². The standard InChI is InChI=1S/C21H13ClFN3/c22-17-12-11-16(13-18(17)23)21-25-19(14-7-3-1-4-8-14)24-20(26-21)15-9-5-2-6-10-15/h1-13H. The van der Waals surface area contributed by atoms with Crippen molar-refractivity contribution in [3.8, 4) is 34.2 Å². The van der Waals surface area contributed by atoms with E-state index in [-0.39, 0.29) is 5.02 Å². The number of rotatable bonds is 3. The second-order valence-electron chi connectivity index (χ2n) is 5.67. The van der Waals surface area contributed by atoms with Crippen LogP contribution in [0.1, 0.15) is 0 Å². The molecule has 1 heterocycles. The summed E-state index contributed by atoms with van der Waals surface area (Å²) in [5, 5.41) is 0.0642. The zero-order valence-corrected chi connectivity index (χ0v) is 14.4. The highest BCUT2D eigenvalue weighted by molar-refractivity contribution is 6.30. The molecule has 0 amide bonds. The molecule has 26 heavy (non-hydrogen) atoms.